The Morgan fingerprint density at radius 2 is 1.93 bits per heavy atom. The molecule has 0 unspecified atom stereocenters. The molecular formula is C23H27BrFN7O7S. The van der Waals surface area contributed by atoms with Crippen LogP contribution in [0, 0.1) is 5.82 Å². The Kier molecular flexibility index (Phi) is 9.65. The monoisotopic (exact) mass is 643 g/mol. The van der Waals surface area contributed by atoms with Crippen LogP contribution in [0.1, 0.15) is 20.8 Å². The fourth-order valence-corrected chi connectivity index (χ4v) is 5.06. The second-order valence-corrected chi connectivity index (χ2v) is 11.8. The van der Waals surface area contributed by atoms with Crippen LogP contribution < -0.4 is 11.1 Å². The van der Waals surface area contributed by atoms with Crippen LogP contribution in [0.2, 0.25) is 0 Å². The average Bonchev–Trinajstić information content (AvgIpc) is 3.48. The number of carbonyl (C=O) groups excluding carboxylic acids is 1. The van der Waals surface area contributed by atoms with Crippen molar-refractivity contribution in [2.75, 3.05) is 31.5 Å². The molecule has 2 aromatic heterocycles. The van der Waals surface area contributed by atoms with Crippen LogP contribution in [-0.2, 0) is 14.9 Å². The molecule has 3 aromatic rings. The third-order valence-corrected chi connectivity index (χ3v) is 7.40. The lowest BCUT2D eigenvalue weighted by Gasteiger charge is -2.30. The first-order chi connectivity index (χ1) is 18.8. The van der Waals surface area contributed by atoms with Crippen LogP contribution in [0.15, 0.2) is 61.9 Å². The van der Waals surface area contributed by atoms with Gasteiger partial charge in [0, 0.05) is 19.6 Å². The zero-order valence-corrected chi connectivity index (χ0v) is 24.2. The number of halogens is 2. The smallest absolute Gasteiger partial charge is 0.443 e. The molecule has 0 saturated carbocycles. The molecule has 0 atom stereocenters. The second kappa shape index (κ2) is 12.6. The Morgan fingerprint density at radius 1 is 1.23 bits per heavy atom. The van der Waals surface area contributed by atoms with Crippen molar-refractivity contribution in [3.05, 3.63) is 64.3 Å². The van der Waals surface area contributed by atoms with Crippen molar-refractivity contribution in [2.24, 2.45) is 0 Å². The first kappa shape index (κ1) is 30.7. The van der Waals surface area contributed by atoms with Gasteiger partial charge in [0.05, 0.1) is 16.7 Å². The zero-order chi connectivity index (χ0) is 29.7. The standard InChI is InChI=1S/C23H27BrFN7O7S/c1-6-11-30(40(35,36)31(12-7-2)21(33)37-23(3,4)5)13-10-26-19-18(27-39-28-19)20-29-38-22(34)32(20)15-8-9-17(25)16(24)14-15/h6-9,14H,1-2,10-13H2,3-5H3,(H,26,28). The van der Waals surface area contributed by atoms with Crippen molar-refractivity contribution in [1.29, 1.82) is 0 Å². The van der Waals surface area contributed by atoms with Crippen LogP contribution in [0.5, 0.6) is 0 Å². The highest BCUT2D eigenvalue weighted by Gasteiger charge is 2.35. The molecule has 216 valence electrons. The minimum Gasteiger partial charge on any atom is -0.443 e. The molecule has 14 nitrogen and oxygen atoms in total. The SMILES string of the molecule is C=CCN(CCNc1nonc1-c1noc(=O)n1-c1ccc(F)c(Br)c1)S(=O)(=O)N(CC=C)C(=O)OC(C)(C)C. The maximum Gasteiger partial charge on any atom is 0.446 e. The Labute approximate surface area is 237 Å². The van der Waals surface area contributed by atoms with Gasteiger partial charge < -0.3 is 10.1 Å². The molecule has 17 heteroatoms. The predicted octanol–water partition coefficient (Wildman–Crippen LogP) is 3.34. The van der Waals surface area contributed by atoms with Crippen LogP contribution in [0.4, 0.5) is 15.0 Å². The molecule has 0 radical (unpaired) electrons. The molecule has 0 fully saturated rings. The largest absolute Gasteiger partial charge is 0.446 e. The fourth-order valence-electron chi connectivity index (χ4n) is 3.28. The minimum absolute atomic E-state index is 0.00858. The maximum absolute atomic E-state index is 13.7. The van der Waals surface area contributed by atoms with Crippen molar-refractivity contribution < 1.29 is 31.5 Å². The summed E-state index contributed by atoms with van der Waals surface area (Å²) in [6.45, 7) is 11.3. The van der Waals surface area contributed by atoms with Gasteiger partial charge in [0.15, 0.2) is 5.69 Å². The molecule has 2 heterocycles. The number of carbonyl (C=O) groups is 1. The minimum atomic E-state index is -4.37. The van der Waals surface area contributed by atoms with E-state index in [4.69, 9.17) is 13.9 Å². The van der Waals surface area contributed by atoms with E-state index >= 15 is 0 Å². The Hall–Kier alpha value is -3.83. The van der Waals surface area contributed by atoms with Gasteiger partial charge in [-0.3, -0.25) is 4.52 Å². The van der Waals surface area contributed by atoms with E-state index in [0.717, 1.165) is 14.9 Å². The highest BCUT2D eigenvalue weighted by molar-refractivity contribution is 9.10. The van der Waals surface area contributed by atoms with Crippen LogP contribution >= 0.6 is 15.9 Å². The molecule has 3 rings (SSSR count). The van der Waals surface area contributed by atoms with E-state index < -0.39 is 33.5 Å². The van der Waals surface area contributed by atoms with Gasteiger partial charge >= 0.3 is 22.1 Å². The van der Waals surface area contributed by atoms with Crippen molar-refractivity contribution >= 4 is 38.1 Å². The van der Waals surface area contributed by atoms with Gasteiger partial charge in [-0.25, -0.2) is 23.2 Å². The van der Waals surface area contributed by atoms with E-state index in [1.54, 1.807) is 20.8 Å². The summed E-state index contributed by atoms with van der Waals surface area (Å²) in [5.41, 5.74) is -0.748. The number of rotatable bonds is 12. The number of amides is 1. The third-order valence-electron chi connectivity index (χ3n) is 4.95. The number of hydrogen-bond acceptors (Lipinski definition) is 11. The summed E-state index contributed by atoms with van der Waals surface area (Å²) in [5.74, 6) is -1.52. The van der Waals surface area contributed by atoms with Gasteiger partial charge in [-0.15, -0.1) is 13.2 Å². The van der Waals surface area contributed by atoms with E-state index in [9.17, 15) is 22.4 Å². The summed E-state index contributed by atoms with van der Waals surface area (Å²) >= 11 is 3.06. The van der Waals surface area contributed by atoms with Gasteiger partial charge in [0.1, 0.15) is 11.4 Å². The molecule has 40 heavy (non-hydrogen) atoms. The molecule has 1 aromatic carbocycles. The van der Waals surface area contributed by atoms with E-state index in [1.807, 2.05) is 0 Å². The zero-order valence-electron chi connectivity index (χ0n) is 21.8. The van der Waals surface area contributed by atoms with E-state index in [2.05, 4.69) is 49.9 Å². The van der Waals surface area contributed by atoms with Crippen molar-refractivity contribution in [2.45, 2.75) is 26.4 Å². The number of ether oxygens (including phenoxy) is 1. The van der Waals surface area contributed by atoms with Gasteiger partial charge in [-0.2, -0.15) is 17.0 Å². The Balaban J connectivity index is 1.83. The summed E-state index contributed by atoms with van der Waals surface area (Å²) in [5, 5.41) is 14.1. The van der Waals surface area contributed by atoms with Crippen LogP contribution in [-0.4, -0.2) is 74.9 Å². The first-order valence-corrected chi connectivity index (χ1v) is 13.8. The van der Waals surface area contributed by atoms with E-state index in [-0.39, 0.29) is 53.7 Å². The number of hydrogen-bond donors (Lipinski definition) is 1. The summed E-state index contributed by atoms with van der Waals surface area (Å²) in [4.78, 5) is 25.0. The number of anilines is 1. The maximum atomic E-state index is 13.7. The molecule has 1 amide bonds. The summed E-state index contributed by atoms with van der Waals surface area (Å²) in [6, 6.07) is 3.82. The van der Waals surface area contributed by atoms with E-state index in [0.29, 0.717) is 4.31 Å². The lowest BCUT2D eigenvalue weighted by molar-refractivity contribution is 0.0396. The highest BCUT2D eigenvalue weighted by atomic mass is 79.9. The van der Waals surface area contributed by atoms with Crippen molar-refractivity contribution in [1.82, 2.24) is 28.6 Å². The summed E-state index contributed by atoms with van der Waals surface area (Å²) in [7, 11) is -4.37. The van der Waals surface area contributed by atoms with Gasteiger partial charge in [0.25, 0.3) is 0 Å². The molecule has 0 aliphatic heterocycles. The van der Waals surface area contributed by atoms with Gasteiger partial charge in [0.2, 0.25) is 11.6 Å². The molecular weight excluding hydrogens is 617 g/mol. The lowest BCUT2D eigenvalue weighted by atomic mass is 10.2. The number of benzene rings is 1. The number of nitrogens with zero attached hydrogens (tertiary/aromatic N) is 6. The van der Waals surface area contributed by atoms with Crippen LogP contribution in [0.3, 0.4) is 0 Å². The molecule has 0 aliphatic carbocycles. The van der Waals surface area contributed by atoms with Crippen LogP contribution in [0.25, 0.3) is 17.2 Å². The summed E-state index contributed by atoms with van der Waals surface area (Å²) in [6.07, 6.45) is 1.56. The molecule has 0 spiro atoms. The summed E-state index contributed by atoms with van der Waals surface area (Å²) < 4.78 is 58.0. The second-order valence-electron chi connectivity index (χ2n) is 9.05. The first-order valence-electron chi connectivity index (χ1n) is 11.6. The number of aromatic nitrogens is 4. The quantitative estimate of drug-likeness (QED) is 0.288. The molecule has 0 bridgehead atoms. The predicted molar refractivity (Wildman–Crippen MR) is 145 cm³/mol. The van der Waals surface area contributed by atoms with E-state index in [1.165, 1.54) is 24.3 Å². The van der Waals surface area contributed by atoms with Crippen molar-refractivity contribution in [3.63, 3.8) is 0 Å². The van der Waals surface area contributed by atoms with Crippen molar-refractivity contribution in [3.8, 4) is 17.2 Å². The molecule has 1 N–H and O–H groups in total. The lowest BCUT2D eigenvalue weighted by Crippen LogP contribution is -2.49. The molecule has 0 saturated heterocycles. The normalized spacial score (nSPS) is 11.8. The average molecular weight is 644 g/mol. The molecule has 0 aliphatic rings. The topological polar surface area (TPSA) is 166 Å². The third kappa shape index (κ3) is 7.02. The number of nitrogens with one attached hydrogen (secondary N) is 1. The Morgan fingerprint density at radius 3 is 2.55 bits per heavy atom. The van der Waals surface area contributed by atoms with Gasteiger partial charge in [-0.1, -0.05) is 17.3 Å². The van der Waals surface area contributed by atoms with Gasteiger partial charge in [-0.05, 0) is 65.2 Å². The Bertz CT molecular complexity index is 1550. The fraction of sp³-hybridized carbons (Fsp3) is 0.348. The highest BCUT2D eigenvalue weighted by Crippen LogP contribution is 2.26.